The van der Waals surface area contributed by atoms with Gasteiger partial charge in [0.2, 0.25) is 11.8 Å². The highest BCUT2D eigenvalue weighted by Crippen LogP contribution is 2.49. The van der Waals surface area contributed by atoms with Crippen molar-refractivity contribution in [3.8, 4) is 17.3 Å². The summed E-state index contributed by atoms with van der Waals surface area (Å²) in [5.74, 6) is -2.14. The maximum absolute atomic E-state index is 14.4. The molecule has 5 heterocycles. The average molecular weight is 504 g/mol. The lowest BCUT2D eigenvalue weighted by Crippen LogP contribution is -2.75. The number of hydrogen-bond acceptors (Lipinski definition) is 9. The minimum absolute atomic E-state index is 0.0976. The second-order valence-electron chi connectivity index (χ2n) is 9.68. The molecule has 6 rings (SSSR count). The van der Waals surface area contributed by atoms with Gasteiger partial charge in [-0.3, -0.25) is 20.2 Å². The highest BCUT2D eigenvalue weighted by Gasteiger charge is 2.63. The van der Waals surface area contributed by atoms with E-state index in [4.69, 9.17) is 19.5 Å². The van der Waals surface area contributed by atoms with Crippen LogP contribution < -0.4 is 15.5 Å². The van der Waals surface area contributed by atoms with Crippen molar-refractivity contribution in [3.05, 3.63) is 40.8 Å². The summed E-state index contributed by atoms with van der Waals surface area (Å²) in [6.45, 7) is 5.89. The first kappa shape index (κ1) is 23.1. The summed E-state index contributed by atoms with van der Waals surface area (Å²) >= 11 is 0. The van der Waals surface area contributed by atoms with E-state index in [9.17, 15) is 18.8 Å². The van der Waals surface area contributed by atoms with Gasteiger partial charge >= 0.3 is 6.03 Å². The Bertz CT molecular complexity index is 1560. The van der Waals surface area contributed by atoms with E-state index in [-0.39, 0.29) is 23.8 Å². The van der Waals surface area contributed by atoms with Crippen LogP contribution in [0.4, 0.5) is 14.9 Å². The summed E-state index contributed by atoms with van der Waals surface area (Å²) < 4.78 is 26.1. The molecular weight excluding hydrogens is 483 g/mol. The zero-order valence-electron chi connectivity index (χ0n) is 20.1. The van der Waals surface area contributed by atoms with Gasteiger partial charge in [-0.15, -0.1) is 0 Å². The van der Waals surface area contributed by atoms with Crippen molar-refractivity contribution in [2.24, 2.45) is 5.41 Å². The largest absolute Gasteiger partial charge is 0.372 e. The van der Waals surface area contributed by atoms with Crippen molar-refractivity contribution in [1.82, 2.24) is 20.8 Å². The number of barbiturate groups is 1. The third-order valence-electron chi connectivity index (χ3n) is 7.43. The molecular formula is C25H21FN6O5. The number of hydrogen-bond donors (Lipinski definition) is 2. The SMILES string of the molecule is Cc1c2c(nc3c(-c4ccc(C#N)c(F)c4)noc13)CC1(C(=O)NC(=O)NC1=O)[C@H]1[C@H](C)O[C@H](C)CN21. The molecule has 2 aromatic heterocycles. The Morgan fingerprint density at radius 3 is 2.62 bits per heavy atom. The lowest BCUT2D eigenvalue weighted by molar-refractivity contribution is -0.153. The lowest BCUT2D eigenvalue weighted by atomic mass is 9.67. The molecule has 37 heavy (non-hydrogen) atoms. The monoisotopic (exact) mass is 504 g/mol. The standard InChI is InChI=1S/C25H21FN6O5/c1-10-9-32-19-11(2)20-18(17(31-37-20)13-4-5-14(8-27)15(26)6-13)28-16(19)7-25(21(32)12(3)36-10)22(33)29-24(35)30-23(25)34/h4-6,10,12,21H,7,9H2,1-3H3,(H2,29,30,33,34,35)/t10-,12+,21-/m1/s1. The fourth-order valence-electron chi connectivity index (χ4n) is 5.98. The first-order valence-electron chi connectivity index (χ1n) is 11.7. The molecule has 2 N–H and O–H groups in total. The number of ether oxygens (including phenoxy) is 1. The first-order valence-corrected chi connectivity index (χ1v) is 11.7. The Hall–Kier alpha value is -4.37. The van der Waals surface area contributed by atoms with Gasteiger partial charge in [-0.1, -0.05) is 11.2 Å². The molecule has 4 amide bonds. The molecule has 1 spiro atoms. The Balaban J connectivity index is 1.58. The molecule has 0 bridgehead atoms. The number of fused-ring (bicyclic) bond motifs is 5. The number of aromatic nitrogens is 2. The maximum Gasteiger partial charge on any atom is 0.328 e. The summed E-state index contributed by atoms with van der Waals surface area (Å²) in [6, 6.07) is 4.27. The minimum atomic E-state index is -1.68. The van der Waals surface area contributed by atoms with Crippen molar-refractivity contribution in [2.75, 3.05) is 11.4 Å². The second kappa shape index (κ2) is 7.81. The Morgan fingerprint density at radius 1 is 1.22 bits per heavy atom. The van der Waals surface area contributed by atoms with Crippen molar-refractivity contribution in [1.29, 1.82) is 5.26 Å². The van der Waals surface area contributed by atoms with Gasteiger partial charge in [-0.05, 0) is 32.9 Å². The van der Waals surface area contributed by atoms with Gasteiger partial charge in [0, 0.05) is 24.1 Å². The van der Waals surface area contributed by atoms with Gasteiger partial charge in [0.1, 0.15) is 23.1 Å². The van der Waals surface area contributed by atoms with E-state index in [0.29, 0.717) is 40.2 Å². The second-order valence-corrected chi connectivity index (χ2v) is 9.68. The number of carbonyl (C=O) groups excluding carboxylic acids is 3. The van der Waals surface area contributed by atoms with E-state index in [0.717, 1.165) is 0 Å². The number of amides is 4. The predicted octanol–water partition coefficient (Wildman–Crippen LogP) is 2.10. The number of morpholine rings is 1. The molecule has 0 saturated carbocycles. The van der Waals surface area contributed by atoms with E-state index in [1.165, 1.54) is 12.1 Å². The Morgan fingerprint density at radius 2 is 1.95 bits per heavy atom. The van der Waals surface area contributed by atoms with Crippen LogP contribution in [0, 0.1) is 29.5 Å². The fourth-order valence-corrected chi connectivity index (χ4v) is 5.98. The number of rotatable bonds is 1. The number of imide groups is 2. The van der Waals surface area contributed by atoms with Crippen molar-refractivity contribution >= 4 is 34.6 Å². The number of pyridine rings is 1. The number of aryl methyl sites for hydroxylation is 1. The van der Waals surface area contributed by atoms with Gasteiger partial charge in [0.05, 0.1) is 35.2 Å². The number of carbonyl (C=O) groups is 3. The van der Waals surface area contributed by atoms with Crippen LogP contribution in [-0.4, -0.2) is 52.8 Å². The molecule has 3 aliphatic rings. The van der Waals surface area contributed by atoms with E-state index in [1.807, 2.05) is 18.7 Å². The van der Waals surface area contributed by atoms with Gasteiger partial charge in [-0.25, -0.2) is 14.2 Å². The van der Waals surface area contributed by atoms with Gasteiger partial charge < -0.3 is 14.2 Å². The normalized spacial score (nSPS) is 24.4. The first-order chi connectivity index (χ1) is 17.6. The van der Waals surface area contributed by atoms with Crippen LogP contribution in [0.15, 0.2) is 22.7 Å². The highest BCUT2D eigenvalue weighted by atomic mass is 19.1. The van der Waals surface area contributed by atoms with Crippen molar-refractivity contribution in [2.45, 2.75) is 45.4 Å². The average Bonchev–Trinajstić information content (AvgIpc) is 3.26. The summed E-state index contributed by atoms with van der Waals surface area (Å²) in [7, 11) is 0. The number of benzene rings is 1. The van der Waals surface area contributed by atoms with Crippen LogP contribution in [0.3, 0.4) is 0 Å². The maximum atomic E-state index is 14.4. The van der Waals surface area contributed by atoms with Crippen LogP contribution in [0.1, 0.15) is 30.7 Å². The third kappa shape index (κ3) is 3.10. The van der Waals surface area contributed by atoms with Crippen molar-refractivity contribution < 1.29 is 28.0 Å². The topological polar surface area (TPSA) is 150 Å². The van der Waals surface area contributed by atoms with Crippen LogP contribution in [0.25, 0.3) is 22.4 Å². The summed E-state index contributed by atoms with van der Waals surface area (Å²) in [5.41, 5.74) is 1.40. The number of nitriles is 1. The smallest absolute Gasteiger partial charge is 0.328 e. The van der Waals surface area contributed by atoms with Gasteiger partial charge in [-0.2, -0.15) is 5.26 Å². The van der Waals surface area contributed by atoms with Crippen LogP contribution >= 0.6 is 0 Å². The summed E-state index contributed by atoms with van der Waals surface area (Å²) in [6.07, 6.45) is -0.837. The molecule has 0 unspecified atom stereocenters. The van der Waals surface area contributed by atoms with E-state index >= 15 is 0 Å². The summed E-state index contributed by atoms with van der Waals surface area (Å²) in [4.78, 5) is 45.4. The van der Waals surface area contributed by atoms with E-state index in [2.05, 4.69) is 15.8 Å². The zero-order valence-corrected chi connectivity index (χ0v) is 20.1. The lowest BCUT2D eigenvalue weighted by Gasteiger charge is -2.55. The molecule has 2 fully saturated rings. The quantitative estimate of drug-likeness (QED) is 0.475. The Kier molecular flexibility index (Phi) is 4.87. The van der Waals surface area contributed by atoms with Crippen LogP contribution in [-0.2, 0) is 20.7 Å². The summed E-state index contributed by atoms with van der Waals surface area (Å²) in [5, 5.41) is 17.7. The highest BCUT2D eigenvalue weighted by molar-refractivity contribution is 6.20. The molecule has 188 valence electrons. The molecule has 3 atom stereocenters. The zero-order chi connectivity index (χ0) is 26.2. The number of halogens is 1. The minimum Gasteiger partial charge on any atom is -0.372 e. The molecule has 0 aliphatic carbocycles. The number of anilines is 1. The molecule has 11 nitrogen and oxygen atoms in total. The van der Waals surface area contributed by atoms with Gasteiger partial charge in [0.15, 0.2) is 11.0 Å². The number of urea groups is 1. The molecule has 3 aliphatic heterocycles. The van der Waals surface area contributed by atoms with Crippen LogP contribution in [0.2, 0.25) is 0 Å². The molecule has 1 aromatic carbocycles. The number of nitrogens with zero attached hydrogens (tertiary/aromatic N) is 4. The Labute approximate surface area is 209 Å². The van der Waals surface area contributed by atoms with E-state index < -0.39 is 41.2 Å². The molecule has 3 aromatic rings. The third-order valence-corrected chi connectivity index (χ3v) is 7.43. The predicted molar refractivity (Wildman–Crippen MR) is 126 cm³/mol. The van der Waals surface area contributed by atoms with Crippen LogP contribution in [0.5, 0.6) is 0 Å². The van der Waals surface area contributed by atoms with Gasteiger partial charge in [0.25, 0.3) is 0 Å². The molecule has 2 saturated heterocycles. The van der Waals surface area contributed by atoms with Crippen molar-refractivity contribution in [3.63, 3.8) is 0 Å². The molecule has 12 heteroatoms. The number of nitrogens with one attached hydrogen (secondary N) is 2. The fraction of sp³-hybridized carbons (Fsp3) is 0.360. The molecule has 0 radical (unpaired) electrons. The van der Waals surface area contributed by atoms with E-state index in [1.54, 1.807) is 19.1 Å².